The minimum absolute atomic E-state index is 0.186. The van der Waals surface area contributed by atoms with Gasteiger partial charge in [0.15, 0.2) is 0 Å². The van der Waals surface area contributed by atoms with E-state index in [0.29, 0.717) is 23.0 Å². The van der Waals surface area contributed by atoms with E-state index in [1.165, 1.54) is 6.07 Å². The number of pyridine rings is 1. The molecule has 0 saturated carbocycles. The van der Waals surface area contributed by atoms with Gasteiger partial charge >= 0.3 is 0 Å². The van der Waals surface area contributed by atoms with Gasteiger partial charge in [0.2, 0.25) is 0 Å². The zero-order valence-corrected chi connectivity index (χ0v) is 10.7. The van der Waals surface area contributed by atoms with Crippen LogP contribution in [0.15, 0.2) is 12.1 Å². The van der Waals surface area contributed by atoms with Gasteiger partial charge in [-0.25, -0.2) is 4.98 Å². The highest BCUT2D eigenvalue weighted by Gasteiger charge is 2.19. The largest absolute Gasteiger partial charge is 0.396 e. The second-order valence-corrected chi connectivity index (χ2v) is 5.96. The molecule has 6 nitrogen and oxygen atoms in total. The first-order chi connectivity index (χ1) is 8.56. The fourth-order valence-corrected chi connectivity index (χ4v) is 3.15. The molecule has 2 heterocycles. The summed E-state index contributed by atoms with van der Waals surface area (Å²) in [6.45, 7) is 0. The van der Waals surface area contributed by atoms with Gasteiger partial charge in [0.1, 0.15) is 11.5 Å². The fraction of sp³-hybridized carbons (Fsp3) is 0.455. The van der Waals surface area contributed by atoms with Gasteiger partial charge in [0, 0.05) is 28.3 Å². The summed E-state index contributed by atoms with van der Waals surface area (Å²) in [6.07, 6.45) is 1.63. The summed E-state index contributed by atoms with van der Waals surface area (Å²) in [4.78, 5) is 15.1. The zero-order chi connectivity index (χ0) is 13.1. The number of carbonyl (C=O) groups excluding carboxylic acids is 1. The quantitative estimate of drug-likeness (QED) is 0.719. The highest BCUT2D eigenvalue weighted by atomic mass is 32.2. The lowest BCUT2D eigenvalue weighted by Crippen LogP contribution is -2.30. The monoisotopic (exact) mass is 268 g/mol. The number of nitrogens with one attached hydrogen (secondary N) is 1. The van der Waals surface area contributed by atoms with Crippen LogP contribution in [0.25, 0.3) is 0 Å². The molecule has 0 aliphatic carbocycles. The Morgan fingerprint density at radius 1 is 1.39 bits per heavy atom. The summed E-state index contributed by atoms with van der Waals surface area (Å²) < 4.78 is 11.3. The SMILES string of the molecule is NC(=O)c1ccc(N)c(NC2CCS(=O)CC2)n1. The second kappa shape index (κ2) is 5.34. The van der Waals surface area contributed by atoms with Gasteiger partial charge in [-0.3, -0.25) is 9.00 Å². The lowest BCUT2D eigenvalue weighted by Gasteiger charge is -2.23. The van der Waals surface area contributed by atoms with Crippen LogP contribution in [0.5, 0.6) is 0 Å². The molecule has 0 radical (unpaired) electrons. The number of aromatic nitrogens is 1. The van der Waals surface area contributed by atoms with Crippen molar-refractivity contribution in [2.24, 2.45) is 5.73 Å². The maximum atomic E-state index is 11.3. The second-order valence-electron chi connectivity index (χ2n) is 4.27. The highest BCUT2D eigenvalue weighted by Crippen LogP contribution is 2.20. The van der Waals surface area contributed by atoms with Crippen LogP contribution in [-0.2, 0) is 10.8 Å². The Labute approximate surface area is 108 Å². The third-order valence-corrected chi connectivity index (χ3v) is 4.29. The summed E-state index contributed by atoms with van der Waals surface area (Å²) in [6, 6.07) is 3.30. The fourth-order valence-electron chi connectivity index (χ4n) is 1.85. The predicted octanol–water partition coefficient (Wildman–Crippen LogP) is 0.0857. The van der Waals surface area contributed by atoms with Gasteiger partial charge in [-0.2, -0.15) is 0 Å². The Bertz CT molecular complexity index is 482. The third kappa shape index (κ3) is 2.98. The Kier molecular flexibility index (Phi) is 3.81. The minimum atomic E-state index is -0.702. The number of hydrogen-bond donors (Lipinski definition) is 3. The molecule has 1 aliphatic heterocycles. The molecule has 0 atom stereocenters. The first-order valence-corrected chi connectivity index (χ1v) is 7.23. The van der Waals surface area contributed by atoms with Crippen LogP contribution in [0.4, 0.5) is 11.5 Å². The van der Waals surface area contributed by atoms with Crippen LogP contribution in [-0.4, -0.2) is 32.6 Å². The number of nitrogens with zero attached hydrogens (tertiary/aromatic N) is 1. The normalized spacial score (nSPS) is 23.6. The maximum Gasteiger partial charge on any atom is 0.267 e. The number of primary amides is 1. The van der Waals surface area contributed by atoms with Crippen molar-refractivity contribution in [1.82, 2.24) is 4.98 Å². The summed E-state index contributed by atoms with van der Waals surface area (Å²) in [5.41, 5.74) is 11.6. The topological polar surface area (TPSA) is 111 Å². The number of nitrogens with two attached hydrogens (primary N) is 2. The Morgan fingerprint density at radius 2 is 2.06 bits per heavy atom. The Hall–Kier alpha value is -1.63. The van der Waals surface area contributed by atoms with E-state index in [9.17, 15) is 9.00 Å². The average molecular weight is 268 g/mol. The standard InChI is InChI=1S/C11H16N4O2S/c12-8-1-2-9(10(13)16)15-11(8)14-7-3-5-18(17)6-4-7/h1-2,7H,3-6,12H2,(H2,13,16)(H,14,15). The van der Waals surface area contributed by atoms with E-state index < -0.39 is 16.7 Å². The molecular weight excluding hydrogens is 252 g/mol. The molecule has 1 amide bonds. The summed E-state index contributed by atoms with van der Waals surface area (Å²) in [5, 5.41) is 3.19. The molecule has 7 heteroatoms. The van der Waals surface area contributed by atoms with E-state index >= 15 is 0 Å². The number of hydrogen-bond acceptors (Lipinski definition) is 5. The number of rotatable bonds is 3. The molecule has 0 bridgehead atoms. The van der Waals surface area contributed by atoms with Gasteiger partial charge in [0.05, 0.1) is 5.69 Å². The van der Waals surface area contributed by atoms with Gasteiger partial charge in [-0.15, -0.1) is 0 Å². The van der Waals surface area contributed by atoms with Crippen molar-refractivity contribution < 1.29 is 9.00 Å². The predicted molar refractivity (Wildman–Crippen MR) is 71.7 cm³/mol. The molecule has 1 saturated heterocycles. The van der Waals surface area contributed by atoms with Crippen molar-refractivity contribution in [2.75, 3.05) is 22.6 Å². The summed E-state index contributed by atoms with van der Waals surface area (Å²) in [7, 11) is -0.702. The third-order valence-electron chi connectivity index (χ3n) is 2.91. The van der Waals surface area contributed by atoms with Crippen molar-refractivity contribution in [3.63, 3.8) is 0 Å². The maximum absolute atomic E-state index is 11.3. The molecule has 0 spiro atoms. The van der Waals surface area contributed by atoms with Crippen LogP contribution in [0, 0.1) is 0 Å². The van der Waals surface area contributed by atoms with Crippen LogP contribution < -0.4 is 16.8 Å². The molecular formula is C11H16N4O2S. The van der Waals surface area contributed by atoms with Crippen LogP contribution >= 0.6 is 0 Å². The van der Waals surface area contributed by atoms with Crippen LogP contribution in [0.1, 0.15) is 23.3 Å². The first-order valence-electron chi connectivity index (χ1n) is 5.74. The molecule has 5 N–H and O–H groups in total. The van der Waals surface area contributed by atoms with Crippen molar-refractivity contribution in [2.45, 2.75) is 18.9 Å². The zero-order valence-electron chi connectivity index (χ0n) is 9.89. The minimum Gasteiger partial charge on any atom is -0.396 e. The van der Waals surface area contributed by atoms with E-state index in [4.69, 9.17) is 11.5 Å². The van der Waals surface area contributed by atoms with Crippen molar-refractivity contribution in [3.05, 3.63) is 17.8 Å². The van der Waals surface area contributed by atoms with Gasteiger partial charge in [-0.05, 0) is 25.0 Å². The summed E-state index contributed by atoms with van der Waals surface area (Å²) in [5.74, 6) is 1.27. The molecule has 18 heavy (non-hydrogen) atoms. The van der Waals surface area contributed by atoms with Crippen molar-refractivity contribution >= 4 is 28.2 Å². The average Bonchev–Trinajstić information content (AvgIpc) is 2.34. The molecule has 0 unspecified atom stereocenters. The van der Waals surface area contributed by atoms with E-state index in [1.54, 1.807) is 6.07 Å². The smallest absolute Gasteiger partial charge is 0.267 e. The molecule has 1 aromatic heterocycles. The van der Waals surface area contributed by atoms with Crippen molar-refractivity contribution in [3.8, 4) is 0 Å². The summed E-state index contributed by atoms with van der Waals surface area (Å²) >= 11 is 0. The van der Waals surface area contributed by atoms with Gasteiger partial charge < -0.3 is 16.8 Å². The molecule has 98 valence electrons. The van der Waals surface area contributed by atoms with E-state index in [1.807, 2.05) is 0 Å². The Balaban J connectivity index is 2.10. The Morgan fingerprint density at radius 3 is 2.67 bits per heavy atom. The van der Waals surface area contributed by atoms with E-state index in [2.05, 4.69) is 10.3 Å². The molecule has 1 aromatic rings. The molecule has 0 aromatic carbocycles. The first kappa shape index (κ1) is 12.8. The van der Waals surface area contributed by atoms with Crippen molar-refractivity contribution in [1.29, 1.82) is 0 Å². The van der Waals surface area contributed by atoms with Gasteiger partial charge in [0.25, 0.3) is 5.91 Å². The molecule has 1 aliphatic rings. The molecule has 1 fully saturated rings. The van der Waals surface area contributed by atoms with E-state index in [-0.39, 0.29) is 11.7 Å². The number of anilines is 2. The molecule has 2 rings (SSSR count). The van der Waals surface area contributed by atoms with Gasteiger partial charge in [-0.1, -0.05) is 0 Å². The number of nitrogen functional groups attached to an aromatic ring is 1. The van der Waals surface area contributed by atoms with E-state index in [0.717, 1.165) is 12.8 Å². The lowest BCUT2D eigenvalue weighted by molar-refractivity contribution is 0.0995. The number of carbonyl (C=O) groups is 1. The number of amides is 1. The van der Waals surface area contributed by atoms with Crippen LogP contribution in [0.2, 0.25) is 0 Å². The highest BCUT2D eigenvalue weighted by molar-refractivity contribution is 7.85. The van der Waals surface area contributed by atoms with Crippen LogP contribution in [0.3, 0.4) is 0 Å². The lowest BCUT2D eigenvalue weighted by atomic mass is 10.1.